The maximum Gasteiger partial charge on any atom is 0.332 e. The molecule has 0 aromatic rings. The third-order valence-electron chi connectivity index (χ3n) is 7.34. The Kier molecular flexibility index (Phi) is 8.55. The zero-order valence-electron chi connectivity index (χ0n) is 23.0. The van der Waals surface area contributed by atoms with Gasteiger partial charge in [-0.1, -0.05) is 39.8 Å². The minimum atomic E-state index is -1.36. The van der Waals surface area contributed by atoms with Crippen LogP contribution in [-0.2, 0) is 23.9 Å². The van der Waals surface area contributed by atoms with Crippen LogP contribution >= 0.6 is 0 Å². The van der Waals surface area contributed by atoms with Crippen molar-refractivity contribution in [2.45, 2.75) is 79.4 Å². The lowest BCUT2D eigenvalue weighted by Crippen LogP contribution is -2.51. The highest BCUT2D eigenvalue weighted by Gasteiger charge is 2.51. The molecular formula is C30H38O7. The van der Waals surface area contributed by atoms with Crippen molar-refractivity contribution in [1.29, 1.82) is 0 Å². The van der Waals surface area contributed by atoms with E-state index in [9.17, 15) is 24.3 Å². The second kappa shape index (κ2) is 10.6. The zero-order valence-corrected chi connectivity index (χ0v) is 23.0. The Balaban J connectivity index is 2.43. The lowest BCUT2D eigenvalue weighted by Gasteiger charge is -2.46. The molecule has 0 saturated carbocycles. The number of hydrogen-bond acceptors (Lipinski definition) is 6. The molecule has 0 aromatic heterocycles. The molecule has 0 amide bonds. The van der Waals surface area contributed by atoms with Crippen LogP contribution in [0.25, 0.3) is 0 Å². The van der Waals surface area contributed by atoms with Crippen molar-refractivity contribution in [3.05, 3.63) is 70.9 Å². The number of ether oxygens (including phenoxy) is 1. The minimum absolute atomic E-state index is 0.0415. The van der Waals surface area contributed by atoms with E-state index in [1.807, 2.05) is 27.7 Å². The van der Waals surface area contributed by atoms with Gasteiger partial charge in [0.15, 0.2) is 17.2 Å². The second-order valence-electron chi connectivity index (χ2n) is 11.4. The molecule has 37 heavy (non-hydrogen) atoms. The van der Waals surface area contributed by atoms with Gasteiger partial charge in [0.1, 0.15) is 5.60 Å². The highest BCUT2D eigenvalue weighted by Crippen LogP contribution is 2.47. The van der Waals surface area contributed by atoms with Crippen molar-refractivity contribution < 1.29 is 34.1 Å². The van der Waals surface area contributed by atoms with Gasteiger partial charge in [-0.25, -0.2) is 9.59 Å². The number of hydrogen-bond donors (Lipinski definition) is 2. The Labute approximate surface area is 219 Å². The van der Waals surface area contributed by atoms with Gasteiger partial charge in [-0.05, 0) is 74.3 Å². The van der Waals surface area contributed by atoms with Crippen LogP contribution in [0.15, 0.2) is 70.9 Å². The summed E-state index contributed by atoms with van der Waals surface area (Å²) in [4.78, 5) is 48.4. The van der Waals surface area contributed by atoms with Crippen molar-refractivity contribution in [2.75, 3.05) is 0 Å². The highest BCUT2D eigenvalue weighted by atomic mass is 16.6. The monoisotopic (exact) mass is 510 g/mol. The van der Waals surface area contributed by atoms with E-state index in [-0.39, 0.29) is 24.4 Å². The Bertz CT molecular complexity index is 1190. The van der Waals surface area contributed by atoms with Crippen molar-refractivity contribution in [3.63, 3.8) is 0 Å². The molecule has 0 fully saturated rings. The largest absolute Gasteiger partial charge is 0.478 e. The molecule has 0 aromatic carbocycles. The highest BCUT2D eigenvalue weighted by molar-refractivity contribution is 5.94. The molecule has 0 bridgehead atoms. The normalized spacial score (nSPS) is 28.4. The predicted molar refractivity (Wildman–Crippen MR) is 142 cm³/mol. The van der Waals surface area contributed by atoms with Gasteiger partial charge in [0.05, 0.1) is 0 Å². The summed E-state index contributed by atoms with van der Waals surface area (Å²) in [6, 6.07) is 0. The van der Waals surface area contributed by atoms with E-state index in [1.54, 1.807) is 52.0 Å². The second-order valence-corrected chi connectivity index (χ2v) is 11.4. The first-order valence-electron chi connectivity index (χ1n) is 12.2. The van der Waals surface area contributed by atoms with Gasteiger partial charge < -0.3 is 14.9 Å². The molecular weight excluding hydrogens is 472 g/mol. The lowest BCUT2D eigenvalue weighted by atomic mass is 9.64. The van der Waals surface area contributed by atoms with Gasteiger partial charge in [-0.15, -0.1) is 0 Å². The summed E-state index contributed by atoms with van der Waals surface area (Å²) in [6.07, 6.45) is 12.0. The zero-order chi connectivity index (χ0) is 28.4. The molecule has 0 saturated heterocycles. The fourth-order valence-corrected chi connectivity index (χ4v) is 5.14. The third-order valence-corrected chi connectivity index (χ3v) is 7.34. The van der Waals surface area contributed by atoms with E-state index in [4.69, 9.17) is 9.84 Å². The van der Waals surface area contributed by atoms with Crippen LogP contribution in [0.1, 0.15) is 68.2 Å². The summed E-state index contributed by atoms with van der Waals surface area (Å²) in [6.45, 7) is 14.0. The summed E-state index contributed by atoms with van der Waals surface area (Å²) < 4.78 is 6.02. The van der Waals surface area contributed by atoms with E-state index in [0.29, 0.717) is 22.3 Å². The molecule has 0 radical (unpaired) electrons. The van der Waals surface area contributed by atoms with Gasteiger partial charge in [0.2, 0.25) is 0 Å². The first kappa shape index (κ1) is 29.9. The van der Waals surface area contributed by atoms with Crippen LogP contribution in [0.5, 0.6) is 0 Å². The van der Waals surface area contributed by atoms with Crippen LogP contribution in [0.2, 0.25) is 0 Å². The van der Waals surface area contributed by atoms with Crippen LogP contribution in [0, 0.1) is 10.8 Å². The van der Waals surface area contributed by atoms with Gasteiger partial charge in [-0.2, -0.15) is 0 Å². The maximum atomic E-state index is 13.1. The van der Waals surface area contributed by atoms with Gasteiger partial charge in [0, 0.05) is 35.8 Å². The maximum absolute atomic E-state index is 13.1. The van der Waals surface area contributed by atoms with Gasteiger partial charge in [0.25, 0.3) is 0 Å². The smallest absolute Gasteiger partial charge is 0.332 e. The van der Waals surface area contributed by atoms with E-state index in [1.165, 1.54) is 18.2 Å². The SMILES string of the molecule is CC(C=CC1(OC(=O)C=C(C)C=CC2(O)C(C)=CC(=O)CC2(C)C)C(C)=CC(=O)CC1(C)C)=CC(=O)O. The fourth-order valence-electron chi connectivity index (χ4n) is 5.14. The Hall–Kier alpha value is -3.32. The van der Waals surface area contributed by atoms with Crippen molar-refractivity contribution >= 4 is 23.5 Å². The van der Waals surface area contributed by atoms with Gasteiger partial charge in [-0.3, -0.25) is 9.59 Å². The number of rotatable bonds is 7. The summed E-state index contributed by atoms with van der Waals surface area (Å²) in [5.74, 6) is -1.87. The molecule has 7 nitrogen and oxygen atoms in total. The molecule has 2 rings (SSSR count). The first-order chi connectivity index (χ1) is 16.8. The predicted octanol–water partition coefficient (Wildman–Crippen LogP) is 4.98. The number of aliphatic carboxylic acids is 1. The van der Waals surface area contributed by atoms with E-state index < -0.39 is 34.0 Å². The molecule has 200 valence electrons. The van der Waals surface area contributed by atoms with Crippen LogP contribution in [0.4, 0.5) is 0 Å². The van der Waals surface area contributed by atoms with Crippen molar-refractivity contribution in [3.8, 4) is 0 Å². The third kappa shape index (κ3) is 6.34. The molecule has 2 aliphatic rings. The standard InChI is InChI=1S/C30H38O7/c1-19(13-25(33)34)10-12-30(22(4)16-24(32)18-28(30,7)8)37-26(35)14-20(2)9-11-29(36)21(3)15-23(31)17-27(29,5)6/h9-16,36H,17-18H2,1-8H3,(H,33,34). The molecule has 0 heterocycles. The topological polar surface area (TPSA) is 118 Å². The number of carbonyl (C=O) groups excluding carboxylic acids is 3. The molecule has 0 spiro atoms. The van der Waals surface area contributed by atoms with E-state index in [2.05, 4.69) is 0 Å². The Morgan fingerprint density at radius 3 is 1.84 bits per heavy atom. The number of aliphatic hydroxyl groups is 1. The van der Waals surface area contributed by atoms with Crippen LogP contribution < -0.4 is 0 Å². The molecule has 2 aliphatic carbocycles. The number of esters is 1. The molecule has 2 unspecified atom stereocenters. The number of ketones is 2. The fraction of sp³-hybridized carbons (Fsp3) is 0.467. The number of carboxylic acids is 1. The number of carbonyl (C=O) groups is 4. The number of carboxylic acid groups (broad SMARTS) is 1. The Morgan fingerprint density at radius 2 is 1.32 bits per heavy atom. The molecule has 2 N–H and O–H groups in total. The van der Waals surface area contributed by atoms with Crippen LogP contribution in [-0.4, -0.2) is 44.9 Å². The lowest BCUT2D eigenvalue weighted by molar-refractivity contribution is -0.157. The summed E-state index contributed by atoms with van der Waals surface area (Å²) in [5.41, 5.74) is -2.13. The van der Waals surface area contributed by atoms with E-state index >= 15 is 0 Å². The first-order valence-corrected chi connectivity index (χ1v) is 12.2. The molecule has 7 heteroatoms. The van der Waals surface area contributed by atoms with Crippen LogP contribution in [0.3, 0.4) is 0 Å². The van der Waals surface area contributed by atoms with Crippen molar-refractivity contribution in [2.24, 2.45) is 10.8 Å². The summed E-state index contributed by atoms with van der Waals surface area (Å²) >= 11 is 0. The summed E-state index contributed by atoms with van der Waals surface area (Å²) in [7, 11) is 0. The van der Waals surface area contributed by atoms with Crippen molar-refractivity contribution in [1.82, 2.24) is 0 Å². The minimum Gasteiger partial charge on any atom is -0.478 e. The molecule has 2 atom stereocenters. The average Bonchev–Trinajstić information content (AvgIpc) is 2.71. The van der Waals surface area contributed by atoms with E-state index in [0.717, 1.165) is 6.08 Å². The molecule has 0 aliphatic heterocycles. The average molecular weight is 511 g/mol. The van der Waals surface area contributed by atoms with Gasteiger partial charge >= 0.3 is 11.9 Å². The summed E-state index contributed by atoms with van der Waals surface area (Å²) in [5, 5.41) is 20.4. The number of allylic oxidation sites excluding steroid dienone is 6. The quantitative estimate of drug-likeness (QED) is 0.282. The Morgan fingerprint density at radius 1 is 0.838 bits per heavy atom.